The lowest BCUT2D eigenvalue weighted by atomic mass is 9.64. The minimum atomic E-state index is -1.66. The van der Waals surface area contributed by atoms with Crippen molar-refractivity contribution >= 4 is 33.4 Å². The van der Waals surface area contributed by atoms with E-state index >= 15 is 0 Å². The molecule has 0 saturated carbocycles. The standard InChI is InChI=1S/C30H21ClFN5OS/c1-39(38)29-23(32)18-34-28(35-29)26-24-25(22(31)17-33-27(24)37-36-26)30(19-11-5-2-6-12-19,20-13-7-3-8-14-20)21-15-9-4-10-16-21/h2-18H,1H3,(H,33,36,37). The number of hydrogen-bond donors (Lipinski definition) is 1. The van der Waals surface area contributed by atoms with E-state index in [4.69, 9.17) is 11.6 Å². The van der Waals surface area contributed by atoms with Crippen LogP contribution in [0.1, 0.15) is 22.3 Å². The van der Waals surface area contributed by atoms with E-state index in [0.29, 0.717) is 27.3 Å². The van der Waals surface area contributed by atoms with Crippen LogP contribution >= 0.6 is 11.6 Å². The van der Waals surface area contributed by atoms with Gasteiger partial charge in [-0.3, -0.25) is 9.31 Å². The van der Waals surface area contributed by atoms with Crippen molar-refractivity contribution in [1.82, 2.24) is 25.1 Å². The second-order valence-corrected chi connectivity index (χ2v) is 10.6. The Labute approximate surface area is 231 Å². The average molecular weight is 554 g/mol. The summed E-state index contributed by atoms with van der Waals surface area (Å²) in [5.41, 5.74) is 3.51. The maximum Gasteiger partial charge on any atom is 0.182 e. The highest BCUT2D eigenvalue weighted by atomic mass is 35.5. The Morgan fingerprint density at radius 2 is 1.36 bits per heavy atom. The molecule has 0 aliphatic rings. The van der Waals surface area contributed by atoms with Crippen molar-refractivity contribution < 1.29 is 8.60 Å². The Morgan fingerprint density at radius 3 is 1.87 bits per heavy atom. The molecule has 3 aromatic carbocycles. The summed E-state index contributed by atoms with van der Waals surface area (Å²) in [6.07, 6.45) is 3.98. The number of benzene rings is 3. The Hall–Kier alpha value is -4.27. The molecule has 6 nitrogen and oxygen atoms in total. The molecule has 39 heavy (non-hydrogen) atoms. The second kappa shape index (κ2) is 10.1. The van der Waals surface area contributed by atoms with Gasteiger partial charge in [0.2, 0.25) is 0 Å². The first-order chi connectivity index (χ1) is 19.0. The molecule has 1 unspecified atom stereocenters. The van der Waals surface area contributed by atoms with E-state index < -0.39 is 22.0 Å². The summed E-state index contributed by atoms with van der Waals surface area (Å²) in [6.45, 7) is 0. The first-order valence-electron chi connectivity index (χ1n) is 12.1. The molecule has 6 rings (SSSR count). The highest BCUT2D eigenvalue weighted by Gasteiger charge is 2.42. The third kappa shape index (κ3) is 4.13. The molecule has 0 saturated heterocycles. The molecule has 1 atom stereocenters. The van der Waals surface area contributed by atoms with Crippen LogP contribution in [0.4, 0.5) is 4.39 Å². The summed E-state index contributed by atoms with van der Waals surface area (Å²) in [4.78, 5) is 13.0. The van der Waals surface area contributed by atoms with Crippen LogP contribution in [0.5, 0.6) is 0 Å². The van der Waals surface area contributed by atoms with E-state index in [1.54, 1.807) is 6.20 Å². The molecular formula is C30H21ClFN5OS. The lowest BCUT2D eigenvalue weighted by molar-refractivity contribution is 0.573. The normalized spacial score (nSPS) is 12.5. The van der Waals surface area contributed by atoms with Crippen LogP contribution in [0.2, 0.25) is 5.02 Å². The molecular weight excluding hydrogens is 533 g/mol. The second-order valence-electron chi connectivity index (χ2n) is 8.93. The summed E-state index contributed by atoms with van der Waals surface area (Å²) in [5, 5.41) is 8.23. The molecule has 0 aliphatic heterocycles. The quantitative estimate of drug-likeness (QED) is 0.192. The van der Waals surface area contributed by atoms with Gasteiger partial charge >= 0.3 is 0 Å². The van der Waals surface area contributed by atoms with Crippen LogP contribution in [0.15, 0.2) is 108 Å². The van der Waals surface area contributed by atoms with Crippen molar-refractivity contribution in [2.24, 2.45) is 0 Å². The number of aromatic amines is 1. The molecule has 192 valence electrons. The van der Waals surface area contributed by atoms with E-state index in [1.807, 2.05) is 54.6 Å². The SMILES string of the molecule is CS(=O)c1nc(-c2[nH]nc3ncc(Cl)c(C(c4ccccc4)(c4ccccc4)c4ccccc4)c23)ncc1F. The number of fused-ring (bicyclic) bond motifs is 1. The predicted octanol–water partition coefficient (Wildman–Crippen LogP) is 6.33. The molecule has 6 aromatic rings. The van der Waals surface area contributed by atoms with Crippen LogP contribution in [0, 0.1) is 5.82 Å². The van der Waals surface area contributed by atoms with E-state index in [-0.39, 0.29) is 10.9 Å². The summed E-state index contributed by atoms with van der Waals surface area (Å²) in [7, 11) is -1.66. The van der Waals surface area contributed by atoms with E-state index in [1.165, 1.54) is 6.26 Å². The Bertz CT molecular complexity index is 1720. The molecule has 0 fully saturated rings. The fourth-order valence-electron chi connectivity index (χ4n) is 5.16. The largest absolute Gasteiger partial charge is 0.272 e. The number of hydrogen-bond acceptors (Lipinski definition) is 5. The Kier molecular flexibility index (Phi) is 6.50. The van der Waals surface area contributed by atoms with Gasteiger partial charge in [0.15, 0.2) is 22.3 Å². The van der Waals surface area contributed by atoms with E-state index in [9.17, 15) is 8.60 Å². The lowest BCUT2D eigenvalue weighted by Crippen LogP contribution is -2.31. The van der Waals surface area contributed by atoms with Crippen molar-refractivity contribution in [3.05, 3.63) is 136 Å². The van der Waals surface area contributed by atoms with Gasteiger partial charge in [0.1, 0.15) is 5.69 Å². The third-order valence-corrected chi connectivity index (χ3v) is 7.86. The molecule has 0 spiro atoms. The zero-order valence-corrected chi connectivity index (χ0v) is 22.2. The molecule has 3 aromatic heterocycles. The molecule has 0 radical (unpaired) electrons. The number of halogens is 2. The van der Waals surface area contributed by atoms with Crippen molar-refractivity contribution in [3.63, 3.8) is 0 Å². The first kappa shape index (κ1) is 25.0. The highest BCUT2D eigenvalue weighted by Crippen LogP contribution is 2.50. The summed E-state index contributed by atoms with van der Waals surface area (Å²) in [5.74, 6) is -0.607. The minimum Gasteiger partial charge on any atom is -0.272 e. The molecule has 1 N–H and O–H groups in total. The van der Waals surface area contributed by atoms with Gasteiger partial charge in [-0.05, 0) is 16.7 Å². The van der Waals surface area contributed by atoms with Gasteiger partial charge in [0.05, 0.1) is 32.8 Å². The number of pyridine rings is 1. The van der Waals surface area contributed by atoms with Crippen molar-refractivity contribution in [1.29, 1.82) is 0 Å². The zero-order chi connectivity index (χ0) is 27.0. The van der Waals surface area contributed by atoms with Crippen LogP contribution < -0.4 is 0 Å². The van der Waals surface area contributed by atoms with Crippen LogP contribution in [0.3, 0.4) is 0 Å². The number of H-pyrrole nitrogens is 1. The molecule has 3 heterocycles. The van der Waals surface area contributed by atoms with Gasteiger partial charge in [0, 0.05) is 18.0 Å². The van der Waals surface area contributed by atoms with Gasteiger partial charge in [-0.15, -0.1) is 0 Å². The van der Waals surface area contributed by atoms with Gasteiger partial charge in [-0.1, -0.05) is 103 Å². The van der Waals surface area contributed by atoms with Crippen molar-refractivity contribution in [3.8, 4) is 11.5 Å². The number of nitrogens with zero attached hydrogens (tertiary/aromatic N) is 4. The average Bonchev–Trinajstić information content (AvgIpc) is 3.40. The number of nitrogens with one attached hydrogen (secondary N) is 1. The van der Waals surface area contributed by atoms with Gasteiger partial charge in [0.25, 0.3) is 0 Å². The van der Waals surface area contributed by atoms with Gasteiger partial charge in [-0.2, -0.15) is 5.10 Å². The minimum absolute atomic E-state index is 0.137. The molecule has 9 heteroatoms. The molecule has 0 aliphatic carbocycles. The maximum absolute atomic E-state index is 14.4. The smallest absolute Gasteiger partial charge is 0.182 e. The summed E-state index contributed by atoms with van der Waals surface area (Å²) < 4.78 is 26.6. The monoisotopic (exact) mass is 553 g/mol. The highest BCUT2D eigenvalue weighted by molar-refractivity contribution is 7.84. The van der Waals surface area contributed by atoms with Crippen molar-refractivity contribution in [2.45, 2.75) is 10.4 Å². The summed E-state index contributed by atoms with van der Waals surface area (Å²) >= 11 is 7.11. The first-order valence-corrected chi connectivity index (χ1v) is 14.0. The van der Waals surface area contributed by atoms with Crippen molar-refractivity contribution in [2.75, 3.05) is 6.26 Å². The predicted molar refractivity (Wildman–Crippen MR) is 151 cm³/mol. The van der Waals surface area contributed by atoms with Crippen LogP contribution in [0.25, 0.3) is 22.6 Å². The zero-order valence-electron chi connectivity index (χ0n) is 20.7. The third-order valence-electron chi connectivity index (χ3n) is 6.74. The lowest BCUT2D eigenvalue weighted by Gasteiger charge is -2.37. The Morgan fingerprint density at radius 1 is 0.821 bits per heavy atom. The maximum atomic E-state index is 14.4. The van der Waals surface area contributed by atoms with E-state index in [0.717, 1.165) is 22.9 Å². The van der Waals surface area contributed by atoms with Gasteiger partial charge in [-0.25, -0.2) is 19.3 Å². The van der Waals surface area contributed by atoms with Gasteiger partial charge < -0.3 is 0 Å². The number of rotatable bonds is 6. The van der Waals surface area contributed by atoms with Crippen LogP contribution in [-0.4, -0.2) is 35.6 Å². The van der Waals surface area contributed by atoms with E-state index in [2.05, 4.69) is 61.5 Å². The topological polar surface area (TPSA) is 84.4 Å². The fraction of sp³-hybridized carbons (Fsp3) is 0.0667. The van der Waals surface area contributed by atoms with Crippen LogP contribution in [-0.2, 0) is 16.2 Å². The fourth-order valence-corrected chi connectivity index (χ4v) is 5.99. The number of aromatic nitrogens is 5. The Balaban J connectivity index is 1.80. The summed E-state index contributed by atoms with van der Waals surface area (Å²) in [6, 6.07) is 30.2. The molecule has 0 amide bonds. The molecule has 0 bridgehead atoms.